The number of nitrogens with zero attached hydrogens (tertiary/aromatic N) is 3. The van der Waals surface area contributed by atoms with Crippen LogP contribution in [0.15, 0.2) is 46.8 Å². The van der Waals surface area contributed by atoms with Crippen LogP contribution in [0.5, 0.6) is 0 Å². The normalized spacial score (nSPS) is 23.5. The topological polar surface area (TPSA) is 198 Å². The van der Waals surface area contributed by atoms with E-state index in [1.54, 1.807) is 36.6 Å². The van der Waals surface area contributed by atoms with Gasteiger partial charge in [-0.2, -0.15) is 8.42 Å². The molecule has 15 heteroatoms. The molecular weight excluding hydrogens is 590 g/mol. The number of nitrogens with one attached hydrogen (secondary N) is 1. The highest BCUT2D eigenvalue weighted by atomic mass is 79.9. The zero-order chi connectivity index (χ0) is 27.0. The molecule has 198 valence electrons. The fourth-order valence-corrected chi connectivity index (χ4v) is 5.74. The minimum absolute atomic E-state index is 0.113. The highest BCUT2D eigenvalue weighted by Gasteiger charge is 2.42. The zero-order valence-corrected chi connectivity index (χ0v) is 22.6. The lowest BCUT2D eigenvalue weighted by Crippen LogP contribution is -2.36. The van der Waals surface area contributed by atoms with Crippen molar-refractivity contribution in [2.75, 3.05) is 11.9 Å². The number of hydrogen-bond donors (Lipinski definition) is 5. The SMILES string of the molecule is C[C@](O)(c1csc(C(=O)c2cncnc2N[C@@H]2C[C@H](COS(N)(=O)=O)[C@@H](O)[C@H]2O)c1)c1cccc(Br)n1. The molecule has 0 unspecified atom stereocenters. The average molecular weight is 615 g/mol. The lowest BCUT2D eigenvalue weighted by Gasteiger charge is -2.21. The van der Waals surface area contributed by atoms with Gasteiger partial charge in [-0.05, 0) is 52.9 Å². The molecule has 1 aliphatic rings. The van der Waals surface area contributed by atoms with E-state index in [1.165, 1.54) is 12.5 Å². The van der Waals surface area contributed by atoms with Gasteiger partial charge in [0.25, 0.3) is 0 Å². The van der Waals surface area contributed by atoms with Gasteiger partial charge < -0.3 is 20.6 Å². The quantitative estimate of drug-likeness (QED) is 0.170. The number of pyridine rings is 1. The van der Waals surface area contributed by atoms with Crippen molar-refractivity contribution < 1.29 is 32.7 Å². The van der Waals surface area contributed by atoms with Crippen molar-refractivity contribution in [1.29, 1.82) is 0 Å². The van der Waals surface area contributed by atoms with Crippen molar-refractivity contribution in [3.8, 4) is 0 Å². The number of aromatic nitrogens is 3. The summed E-state index contributed by atoms with van der Waals surface area (Å²) in [5.74, 6) is -1.01. The van der Waals surface area contributed by atoms with Gasteiger partial charge in [0.05, 0.1) is 34.9 Å². The minimum atomic E-state index is -4.21. The van der Waals surface area contributed by atoms with Gasteiger partial charge in [-0.15, -0.1) is 11.3 Å². The molecule has 4 rings (SSSR count). The number of carbonyl (C=O) groups excluding carboxylic acids is 1. The van der Waals surface area contributed by atoms with Gasteiger partial charge in [-0.1, -0.05) is 6.07 Å². The molecular formula is C22H24BrN5O7S2. The summed E-state index contributed by atoms with van der Waals surface area (Å²) >= 11 is 4.42. The number of anilines is 1. The molecule has 0 bridgehead atoms. The van der Waals surface area contributed by atoms with E-state index in [-0.39, 0.29) is 17.8 Å². The average Bonchev–Trinajstić information content (AvgIpc) is 3.44. The second kappa shape index (κ2) is 10.8. The maximum absolute atomic E-state index is 13.4. The summed E-state index contributed by atoms with van der Waals surface area (Å²) in [5, 5.41) is 41.4. The highest BCUT2D eigenvalue weighted by molar-refractivity contribution is 9.10. The number of halogens is 1. The van der Waals surface area contributed by atoms with Crippen molar-refractivity contribution in [2.24, 2.45) is 11.1 Å². The van der Waals surface area contributed by atoms with E-state index in [4.69, 9.17) is 5.14 Å². The van der Waals surface area contributed by atoms with Crippen LogP contribution in [0.1, 0.15) is 39.8 Å². The molecule has 1 aliphatic carbocycles. The maximum atomic E-state index is 13.4. The van der Waals surface area contributed by atoms with Crippen LogP contribution in [-0.4, -0.2) is 69.3 Å². The standard InChI is InChI=1S/C22H24BrN5O7S2/c1-22(32,16-3-2-4-17(23)28-16)12-6-15(36-9-12)19(30)13-7-25-10-26-21(13)27-14-5-11(18(29)20(14)31)8-35-37(24,33)34/h2-4,6-7,9-11,14,18,20,29,31-32H,5,8H2,1H3,(H2,24,33,34)(H,25,26,27)/t11-,14-,18-,20+,22+/m1/s1. The minimum Gasteiger partial charge on any atom is -0.390 e. The van der Waals surface area contributed by atoms with E-state index in [2.05, 4.69) is 40.4 Å². The Hall–Kier alpha value is -2.37. The van der Waals surface area contributed by atoms with Crippen molar-refractivity contribution in [1.82, 2.24) is 15.0 Å². The molecule has 5 atom stereocenters. The van der Waals surface area contributed by atoms with Gasteiger partial charge in [0.15, 0.2) is 0 Å². The van der Waals surface area contributed by atoms with Gasteiger partial charge in [-0.25, -0.2) is 20.1 Å². The number of aliphatic hydroxyl groups is 3. The third-order valence-corrected chi connectivity index (χ3v) is 7.96. The van der Waals surface area contributed by atoms with Crippen molar-refractivity contribution in [3.05, 3.63) is 68.5 Å². The summed E-state index contributed by atoms with van der Waals surface area (Å²) in [6.07, 6.45) is 0.107. The van der Waals surface area contributed by atoms with Crippen LogP contribution in [0.2, 0.25) is 0 Å². The first-order valence-corrected chi connectivity index (χ1v) is 14.1. The summed E-state index contributed by atoms with van der Waals surface area (Å²) < 4.78 is 27.3. The number of rotatable bonds is 9. The van der Waals surface area contributed by atoms with Crippen LogP contribution in [-0.2, 0) is 20.1 Å². The summed E-state index contributed by atoms with van der Waals surface area (Å²) in [4.78, 5) is 26.1. The zero-order valence-electron chi connectivity index (χ0n) is 19.4. The van der Waals surface area contributed by atoms with Crippen LogP contribution >= 0.6 is 27.3 Å². The van der Waals surface area contributed by atoms with E-state index >= 15 is 0 Å². The Morgan fingerprint density at radius 1 is 1.35 bits per heavy atom. The third kappa shape index (κ3) is 6.21. The molecule has 0 spiro atoms. The Labute approximate surface area is 225 Å². The Morgan fingerprint density at radius 2 is 2.11 bits per heavy atom. The molecule has 3 aromatic rings. The highest BCUT2D eigenvalue weighted by Crippen LogP contribution is 2.34. The summed E-state index contributed by atoms with van der Waals surface area (Å²) in [6.45, 7) is 1.18. The Kier molecular flexibility index (Phi) is 8.06. The monoisotopic (exact) mass is 613 g/mol. The Morgan fingerprint density at radius 3 is 2.81 bits per heavy atom. The number of aliphatic hydroxyl groups excluding tert-OH is 2. The van der Waals surface area contributed by atoms with Crippen LogP contribution in [0.4, 0.5) is 5.82 Å². The van der Waals surface area contributed by atoms with Crippen molar-refractivity contribution in [2.45, 2.75) is 37.2 Å². The number of nitrogens with two attached hydrogens (primary N) is 1. The lowest BCUT2D eigenvalue weighted by molar-refractivity contribution is 0.00778. The molecule has 12 nitrogen and oxygen atoms in total. The molecule has 0 radical (unpaired) electrons. The molecule has 0 amide bonds. The predicted octanol–water partition coefficient (Wildman–Crippen LogP) is 0.925. The maximum Gasteiger partial charge on any atom is 0.333 e. The molecule has 0 aliphatic heterocycles. The predicted molar refractivity (Wildman–Crippen MR) is 137 cm³/mol. The van der Waals surface area contributed by atoms with Crippen LogP contribution in [0, 0.1) is 5.92 Å². The second-order valence-corrected chi connectivity index (χ2v) is 11.7. The molecule has 1 saturated carbocycles. The molecule has 3 aromatic heterocycles. The summed E-state index contributed by atoms with van der Waals surface area (Å²) in [6, 6.07) is 5.98. The Bertz CT molecular complexity index is 1400. The molecule has 6 N–H and O–H groups in total. The second-order valence-electron chi connectivity index (χ2n) is 8.74. The van der Waals surface area contributed by atoms with Gasteiger partial charge in [0.2, 0.25) is 5.78 Å². The largest absolute Gasteiger partial charge is 0.390 e. The molecule has 37 heavy (non-hydrogen) atoms. The van der Waals surface area contributed by atoms with Gasteiger partial charge in [0.1, 0.15) is 28.5 Å². The van der Waals surface area contributed by atoms with Crippen LogP contribution in [0.3, 0.4) is 0 Å². The fraction of sp³-hybridized carbons (Fsp3) is 0.364. The van der Waals surface area contributed by atoms with Crippen LogP contribution < -0.4 is 10.5 Å². The first kappa shape index (κ1) is 27.7. The van der Waals surface area contributed by atoms with E-state index in [9.17, 15) is 28.5 Å². The Balaban J connectivity index is 1.53. The van der Waals surface area contributed by atoms with E-state index in [0.29, 0.717) is 20.7 Å². The smallest absolute Gasteiger partial charge is 0.333 e. The summed E-state index contributed by atoms with van der Waals surface area (Å²) in [7, 11) is -4.21. The molecule has 1 fully saturated rings. The van der Waals surface area contributed by atoms with Gasteiger partial charge >= 0.3 is 10.3 Å². The first-order chi connectivity index (χ1) is 17.4. The van der Waals surface area contributed by atoms with Gasteiger partial charge in [0, 0.05) is 17.7 Å². The first-order valence-electron chi connectivity index (χ1n) is 11.0. The number of carbonyl (C=O) groups is 1. The van der Waals surface area contributed by atoms with E-state index in [0.717, 1.165) is 11.3 Å². The van der Waals surface area contributed by atoms with E-state index < -0.39 is 52.5 Å². The van der Waals surface area contributed by atoms with Gasteiger partial charge in [-0.3, -0.25) is 8.98 Å². The number of thiophene rings is 1. The number of hydrogen-bond acceptors (Lipinski definition) is 12. The molecule has 0 aromatic carbocycles. The molecule has 3 heterocycles. The van der Waals surface area contributed by atoms with E-state index in [1.807, 2.05) is 0 Å². The van der Waals surface area contributed by atoms with Crippen molar-refractivity contribution >= 4 is 49.2 Å². The summed E-state index contributed by atoms with van der Waals surface area (Å²) in [5.41, 5.74) is -0.462. The third-order valence-electron chi connectivity index (χ3n) is 6.13. The lowest BCUT2D eigenvalue weighted by atomic mass is 9.94. The van der Waals surface area contributed by atoms with Crippen molar-refractivity contribution in [3.63, 3.8) is 0 Å². The number of ketones is 1. The molecule has 0 saturated heterocycles. The fourth-order valence-electron chi connectivity index (χ4n) is 4.07. The van der Waals surface area contributed by atoms with Crippen LogP contribution in [0.25, 0.3) is 0 Å².